The molecule has 184 valence electrons. The number of anilines is 1. The van der Waals surface area contributed by atoms with E-state index >= 15 is 0 Å². The number of hydrogen-bond acceptors (Lipinski definition) is 4. The van der Waals surface area contributed by atoms with Crippen LogP contribution in [0.1, 0.15) is 38.8 Å². The molecule has 2 amide bonds. The maximum absolute atomic E-state index is 13.5. The van der Waals surface area contributed by atoms with Gasteiger partial charge in [-0.25, -0.2) is 0 Å². The van der Waals surface area contributed by atoms with Crippen molar-refractivity contribution < 1.29 is 9.59 Å². The van der Waals surface area contributed by atoms with E-state index in [-0.39, 0.29) is 18.4 Å². The molecule has 5 rings (SSSR count). The zero-order valence-corrected chi connectivity index (χ0v) is 21.5. The highest BCUT2D eigenvalue weighted by Crippen LogP contribution is 2.36. The zero-order valence-electron chi connectivity index (χ0n) is 20.7. The first-order valence-corrected chi connectivity index (χ1v) is 13.2. The number of aryl methyl sites for hydroxylation is 1. The second-order valence-electron chi connectivity index (χ2n) is 9.08. The fourth-order valence-electron chi connectivity index (χ4n) is 4.62. The average molecular weight is 506 g/mol. The Morgan fingerprint density at radius 1 is 0.892 bits per heavy atom. The van der Waals surface area contributed by atoms with Crippen molar-refractivity contribution in [2.45, 2.75) is 26.3 Å². The van der Waals surface area contributed by atoms with Gasteiger partial charge in [0.05, 0.1) is 23.7 Å². The quantitative estimate of drug-likeness (QED) is 0.306. The topological polar surface area (TPSA) is 64.4 Å². The fraction of sp³-hybridized carbons (Fsp3) is 0.194. The van der Waals surface area contributed by atoms with Gasteiger partial charge in [0, 0.05) is 11.4 Å². The molecule has 0 saturated carbocycles. The third-order valence-electron chi connectivity index (χ3n) is 6.67. The van der Waals surface area contributed by atoms with Gasteiger partial charge in [-0.15, -0.1) is 11.3 Å². The van der Waals surface area contributed by atoms with Gasteiger partial charge in [-0.05, 0) is 47.2 Å². The van der Waals surface area contributed by atoms with Gasteiger partial charge in [0.15, 0.2) is 0 Å². The summed E-state index contributed by atoms with van der Waals surface area (Å²) in [4.78, 5) is 31.6. The molecule has 1 aliphatic heterocycles. The number of nitriles is 1. The van der Waals surface area contributed by atoms with E-state index in [1.165, 1.54) is 11.3 Å². The molecular weight excluding hydrogens is 478 g/mol. The predicted octanol–water partition coefficient (Wildman–Crippen LogP) is 6.08. The number of carbonyl (C=O) groups excluding carboxylic acids is 2. The number of nitrogens with zero attached hydrogens (tertiary/aromatic N) is 3. The van der Waals surface area contributed by atoms with Crippen LogP contribution in [0.3, 0.4) is 0 Å². The van der Waals surface area contributed by atoms with Crippen molar-refractivity contribution in [1.82, 2.24) is 4.90 Å². The van der Waals surface area contributed by atoms with Crippen molar-refractivity contribution in [3.05, 3.63) is 112 Å². The SMILES string of the molecule is CCc1cc2c(s1)N(Cc1ccc(-c3ccccc3C#N)cc1)C(=O)CN(CCc1ccccc1)C2=O. The van der Waals surface area contributed by atoms with Crippen molar-refractivity contribution in [2.75, 3.05) is 18.0 Å². The number of amides is 2. The summed E-state index contributed by atoms with van der Waals surface area (Å²) in [7, 11) is 0. The summed E-state index contributed by atoms with van der Waals surface area (Å²) < 4.78 is 0. The molecule has 0 aliphatic carbocycles. The summed E-state index contributed by atoms with van der Waals surface area (Å²) in [5.41, 5.74) is 5.18. The van der Waals surface area contributed by atoms with Crippen LogP contribution in [0.5, 0.6) is 0 Å². The largest absolute Gasteiger partial charge is 0.329 e. The molecule has 6 heteroatoms. The average Bonchev–Trinajstić information content (AvgIpc) is 3.35. The van der Waals surface area contributed by atoms with E-state index in [2.05, 4.69) is 13.0 Å². The molecule has 1 aromatic heterocycles. The third kappa shape index (κ3) is 5.18. The van der Waals surface area contributed by atoms with Gasteiger partial charge in [0.2, 0.25) is 5.91 Å². The van der Waals surface area contributed by atoms with Crippen LogP contribution in [-0.2, 0) is 24.2 Å². The first-order chi connectivity index (χ1) is 18.1. The number of rotatable bonds is 7. The first-order valence-electron chi connectivity index (χ1n) is 12.4. The monoisotopic (exact) mass is 505 g/mol. The third-order valence-corrected chi connectivity index (χ3v) is 7.97. The van der Waals surface area contributed by atoms with Crippen LogP contribution >= 0.6 is 11.3 Å². The van der Waals surface area contributed by atoms with Crippen molar-refractivity contribution >= 4 is 28.2 Å². The van der Waals surface area contributed by atoms with Gasteiger partial charge >= 0.3 is 0 Å². The number of benzene rings is 3. The first kappa shape index (κ1) is 24.5. The minimum atomic E-state index is -0.0822. The predicted molar refractivity (Wildman–Crippen MR) is 148 cm³/mol. The lowest BCUT2D eigenvalue weighted by molar-refractivity contribution is -0.119. The van der Waals surface area contributed by atoms with E-state index in [1.807, 2.05) is 84.9 Å². The van der Waals surface area contributed by atoms with Crippen LogP contribution in [0.2, 0.25) is 0 Å². The molecular formula is C31H27N3O2S. The molecule has 0 unspecified atom stereocenters. The molecule has 0 bridgehead atoms. The van der Waals surface area contributed by atoms with Gasteiger partial charge in [-0.1, -0.05) is 79.7 Å². The highest BCUT2D eigenvalue weighted by atomic mass is 32.1. The number of fused-ring (bicyclic) bond motifs is 1. The molecule has 37 heavy (non-hydrogen) atoms. The summed E-state index contributed by atoms with van der Waals surface area (Å²) >= 11 is 1.53. The molecule has 0 atom stereocenters. The smallest absolute Gasteiger partial charge is 0.257 e. The molecule has 0 saturated heterocycles. The Morgan fingerprint density at radius 3 is 2.35 bits per heavy atom. The van der Waals surface area contributed by atoms with Gasteiger partial charge in [-0.2, -0.15) is 5.26 Å². The Morgan fingerprint density at radius 2 is 1.62 bits per heavy atom. The molecule has 0 spiro atoms. The molecule has 2 heterocycles. The minimum Gasteiger partial charge on any atom is -0.329 e. The van der Waals surface area contributed by atoms with E-state index in [4.69, 9.17) is 0 Å². The Bertz CT molecular complexity index is 1470. The summed E-state index contributed by atoms with van der Waals surface area (Å²) in [5.74, 6) is -0.162. The molecule has 0 N–H and O–H groups in total. The zero-order chi connectivity index (χ0) is 25.8. The molecule has 0 radical (unpaired) electrons. The fourth-order valence-corrected chi connectivity index (χ4v) is 5.72. The van der Waals surface area contributed by atoms with E-state index in [9.17, 15) is 14.9 Å². The summed E-state index contributed by atoms with van der Waals surface area (Å²) in [6.45, 7) is 3.00. The highest BCUT2D eigenvalue weighted by Gasteiger charge is 2.33. The van der Waals surface area contributed by atoms with E-state index in [0.717, 1.165) is 38.6 Å². The van der Waals surface area contributed by atoms with Gasteiger partial charge in [-0.3, -0.25) is 14.5 Å². The van der Waals surface area contributed by atoms with Crippen LogP contribution in [0.25, 0.3) is 11.1 Å². The van der Waals surface area contributed by atoms with Crippen LogP contribution in [0.4, 0.5) is 5.00 Å². The Labute approximate surface area is 221 Å². The highest BCUT2D eigenvalue weighted by molar-refractivity contribution is 7.16. The number of carbonyl (C=O) groups is 2. The molecule has 4 aromatic rings. The number of hydrogen-bond donors (Lipinski definition) is 0. The molecule has 3 aromatic carbocycles. The van der Waals surface area contributed by atoms with Crippen LogP contribution < -0.4 is 4.90 Å². The van der Waals surface area contributed by atoms with Crippen LogP contribution in [-0.4, -0.2) is 29.8 Å². The van der Waals surface area contributed by atoms with Gasteiger partial charge < -0.3 is 4.90 Å². The van der Waals surface area contributed by atoms with Crippen molar-refractivity contribution in [3.63, 3.8) is 0 Å². The lowest BCUT2D eigenvalue weighted by Gasteiger charge is -2.22. The lowest BCUT2D eigenvalue weighted by atomic mass is 9.99. The molecule has 5 nitrogen and oxygen atoms in total. The number of thiophene rings is 1. The summed E-state index contributed by atoms with van der Waals surface area (Å²) in [5, 5.41) is 10.2. The normalized spacial score (nSPS) is 13.3. The summed E-state index contributed by atoms with van der Waals surface area (Å²) in [6, 6.07) is 29.7. The lowest BCUT2D eigenvalue weighted by Crippen LogP contribution is -2.40. The second kappa shape index (κ2) is 10.8. The van der Waals surface area contributed by atoms with Gasteiger partial charge in [0.1, 0.15) is 11.5 Å². The van der Waals surface area contributed by atoms with E-state index < -0.39 is 0 Å². The van der Waals surface area contributed by atoms with E-state index in [1.54, 1.807) is 9.80 Å². The maximum Gasteiger partial charge on any atom is 0.257 e. The Hall–Kier alpha value is -4.21. The standard InChI is InChI=1S/C31H27N3O2S/c1-2-26-18-28-30(36)33(17-16-22-8-4-3-5-9-22)21-29(35)34(31(28)37-26)20-23-12-14-24(15-13-23)27-11-7-6-10-25(27)19-32/h3-15,18H,2,16-17,20-21H2,1H3. The molecule has 0 fully saturated rings. The van der Waals surface area contributed by atoms with Crippen LogP contribution in [0.15, 0.2) is 84.9 Å². The Kier molecular flexibility index (Phi) is 7.16. The van der Waals surface area contributed by atoms with Gasteiger partial charge in [0.25, 0.3) is 5.91 Å². The maximum atomic E-state index is 13.5. The minimum absolute atomic E-state index is 0.0577. The van der Waals surface area contributed by atoms with Crippen molar-refractivity contribution in [3.8, 4) is 17.2 Å². The van der Waals surface area contributed by atoms with Crippen molar-refractivity contribution in [2.24, 2.45) is 0 Å². The van der Waals surface area contributed by atoms with Crippen LogP contribution in [0, 0.1) is 11.3 Å². The summed E-state index contributed by atoms with van der Waals surface area (Å²) in [6.07, 6.45) is 1.51. The second-order valence-corrected chi connectivity index (χ2v) is 10.2. The van der Waals surface area contributed by atoms with Crippen molar-refractivity contribution in [1.29, 1.82) is 5.26 Å². The van der Waals surface area contributed by atoms with E-state index in [0.29, 0.717) is 30.6 Å². The molecule has 1 aliphatic rings. The Balaban J connectivity index is 1.40.